The van der Waals surface area contributed by atoms with Gasteiger partial charge in [-0.2, -0.15) is 0 Å². The van der Waals surface area contributed by atoms with Crippen LogP contribution in [0.3, 0.4) is 0 Å². The lowest BCUT2D eigenvalue weighted by Crippen LogP contribution is -2.70. The Hall–Kier alpha value is -0.240. The summed E-state index contributed by atoms with van der Waals surface area (Å²) in [6.45, 7) is 1.65. The molecule has 1 saturated carbocycles. The fraction of sp³-hybridized carbons (Fsp3) is 1.00. The molecule has 5 atom stereocenters. The van der Waals surface area contributed by atoms with Crippen LogP contribution in [0.4, 0.5) is 0 Å². The van der Waals surface area contributed by atoms with E-state index in [0.29, 0.717) is 6.61 Å². The van der Waals surface area contributed by atoms with Crippen molar-refractivity contribution in [3.63, 3.8) is 0 Å². The van der Waals surface area contributed by atoms with E-state index in [1.54, 1.807) is 6.92 Å². The minimum atomic E-state index is -1.69. The fourth-order valence-electron chi connectivity index (χ4n) is 3.50. The highest BCUT2D eigenvalue weighted by atomic mass is 16.7. The van der Waals surface area contributed by atoms with E-state index >= 15 is 0 Å². The summed E-state index contributed by atoms with van der Waals surface area (Å²) in [4.78, 5) is 0. The zero-order valence-corrected chi connectivity index (χ0v) is 11.9. The molecule has 2 aliphatic rings. The van der Waals surface area contributed by atoms with Gasteiger partial charge in [0.2, 0.25) is 0 Å². The van der Waals surface area contributed by atoms with Gasteiger partial charge in [0.15, 0.2) is 6.29 Å². The lowest BCUT2D eigenvalue weighted by Gasteiger charge is -2.52. The highest BCUT2D eigenvalue weighted by Gasteiger charge is 2.58. The lowest BCUT2D eigenvalue weighted by molar-refractivity contribution is -0.344. The summed E-state index contributed by atoms with van der Waals surface area (Å²) in [6.07, 6.45) is -0.0520. The second-order valence-electron chi connectivity index (χ2n) is 5.79. The molecule has 6 nitrogen and oxygen atoms in total. The van der Waals surface area contributed by atoms with Gasteiger partial charge in [-0.1, -0.05) is 19.3 Å². The van der Waals surface area contributed by atoms with E-state index in [1.807, 2.05) is 0 Å². The molecule has 1 aliphatic heterocycles. The third-order valence-electron chi connectivity index (χ3n) is 4.64. The Labute approximate surface area is 119 Å². The van der Waals surface area contributed by atoms with Crippen molar-refractivity contribution in [1.29, 1.82) is 0 Å². The van der Waals surface area contributed by atoms with Crippen molar-refractivity contribution in [2.45, 2.75) is 69.2 Å². The Kier molecular flexibility index (Phi) is 5.39. The minimum Gasteiger partial charge on any atom is -0.394 e. The first-order chi connectivity index (χ1) is 9.55. The topological polar surface area (TPSA) is 99.4 Å². The summed E-state index contributed by atoms with van der Waals surface area (Å²) in [5.41, 5.74) is -1.69. The van der Waals surface area contributed by atoms with E-state index in [-0.39, 0.29) is 5.92 Å². The van der Waals surface area contributed by atoms with Crippen LogP contribution in [0.1, 0.15) is 39.0 Å². The van der Waals surface area contributed by atoms with Crippen LogP contribution in [-0.2, 0) is 9.47 Å². The predicted molar refractivity (Wildman–Crippen MR) is 70.9 cm³/mol. The van der Waals surface area contributed by atoms with E-state index < -0.39 is 36.8 Å². The van der Waals surface area contributed by atoms with Gasteiger partial charge in [0.25, 0.3) is 0 Å². The average molecular weight is 290 g/mol. The van der Waals surface area contributed by atoms with Crippen LogP contribution in [0.25, 0.3) is 0 Å². The molecule has 4 N–H and O–H groups in total. The van der Waals surface area contributed by atoms with E-state index in [4.69, 9.17) is 9.47 Å². The highest BCUT2D eigenvalue weighted by Crippen LogP contribution is 2.42. The van der Waals surface area contributed by atoms with Gasteiger partial charge in [0, 0.05) is 6.61 Å². The van der Waals surface area contributed by atoms with Gasteiger partial charge in [-0.3, -0.25) is 0 Å². The molecule has 20 heavy (non-hydrogen) atoms. The zero-order valence-electron chi connectivity index (χ0n) is 11.9. The first kappa shape index (κ1) is 16.1. The molecule has 0 unspecified atom stereocenters. The van der Waals surface area contributed by atoms with Crippen LogP contribution in [0, 0.1) is 5.92 Å². The number of hydrogen-bond acceptors (Lipinski definition) is 6. The summed E-state index contributed by atoms with van der Waals surface area (Å²) < 4.78 is 10.7. The molecule has 2 rings (SSSR count). The molecule has 0 radical (unpaired) electrons. The first-order valence-electron chi connectivity index (χ1n) is 7.52. The number of aliphatic hydroxyl groups is 4. The van der Waals surface area contributed by atoms with Crippen molar-refractivity contribution in [2.75, 3.05) is 13.2 Å². The molecule has 118 valence electrons. The normalized spacial score (nSPS) is 43.6. The molecule has 1 aliphatic carbocycles. The summed E-state index contributed by atoms with van der Waals surface area (Å²) >= 11 is 0. The summed E-state index contributed by atoms with van der Waals surface area (Å²) in [6, 6.07) is 0. The summed E-state index contributed by atoms with van der Waals surface area (Å²) in [5.74, 6) is -0.206. The van der Waals surface area contributed by atoms with Gasteiger partial charge in [0.05, 0.1) is 6.61 Å². The van der Waals surface area contributed by atoms with Crippen molar-refractivity contribution < 1.29 is 29.9 Å². The monoisotopic (exact) mass is 290 g/mol. The third kappa shape index (κ3) is 2.73. The van der Waals surface area contributed by atoms with Crippen LogP contribution in [0.2, 0.25) is 0 Å². The fourth-order valence-corrected chi connectivity index (χ4v) is 3.50. The maximum Gasteiger partial charge on any atom is 0.186 e. The molecular weight excluding hydrogens is 264 g/mol. The smallest absolute Gasteiger partial charge is 0.186 e. The maximum atomic E-state index is 11.0. The van der Waals surface area contributed by atoms with Gasteiger partial charge in [-0.05, 0) is 25.7 Å². The molecule has 0 aromatic carbocycles. The molecule has 6 heteroatoms. The molecule has 1 heterocycles. The lowest BCUT2D eigenvalue weighted by atomic mass is 9.68. The molecule has 0 amide bonds. The van der Waals surface area contributed by atoms with E-state index in [0.717, 1.165) is 32.1 Å². The van der Waals surface area contributed by atoms with Gasteiger partial charge < -0.3 is 29.9 Å². The van der Waals surface area contributed by atoms with Crippen LogP contribution >= 0.6 is 0 Å². The van der Waals surface area contributed by atoms with Crippen molar-refractivity contribution >= 4 is 0 Å². The minimum absolute atomic E-state index is 0.206. The Balaban J connectivity index is 2.24. The molecular formula is C14H26O6. The number of rotatable bonds is 4. The molecule has 0 bridgehead atoms. The van der Waals surface area contributed by atoms with Crippen LogP contribution in [0.15, 0.2) is 0 Å². The summed E-state index contributed by atoms with van der Waals surface area (Å²) in [7, 11) is 0. The van der Waals surface area contributed by atoms with E-state index in [9.17, 15) is 20.4 Å². The van der Waals surface area contributed by atoms with Gasteiger partial charge in [-0.15, -0.1) is 0 Å². The largest absolute Gasteiger partial charge is 0.394 e. The number of aliphatic hydroxyl groups excluding tert-OH is 3. The number of ether oxygens (including phenoxy) is 2. The quantitative estimate of drug-likeness (QED) is 0.571. The third-order valence-corrected chi connectivity index (χ3v) is 4.64. The molecule has 0 aromatic rings. The van der Waals surface area contributed by atoms with E-state index in [1.165, 1.54) is 0 Å². The Morgan fingerprint density at radius 1 is 1.15 bits per heavy atom. The summed E-state index contributed by atoms with van der Waals surface area (Å²) in [5, 5.41) is 41.1. The van der Waals surface area contributed by atoms with Gasteiger partial charge >= 0.3 is 0 Å². The zero-order chi connectivity index (χ0) is 14.8. The standard InChI is InChI=1S/C14H26O6/c1-2-19-13-12(17)14(18,9-6-4-3-5-7-9)11(16)10(8-15)20-13/h9-13,15-18H,2-8H2,1H3/t10-,11-,12+,13-,14+/m1/s1. The van der Waals surface area contributed by atoms with Crippen molar-refractivity contribution in [1.82, 2.24) is 0 Å². The van der Waals surface area contributed by atoms with Crippen molar-refractivity contribution in [3.8, 4) is 0 Å². The van der Waals surface area contributed by atoms with E-state index in [2.05, 4.69) is 0 Å². The first-order valence-corrected chi connectivity index (χ1v) is 7.52. The molecule has 1 saturated heterocycles. The maximum absolute atomic E-state index is 11.0. The Morgan fingerprint density at radius 2 is 1.80 bits per heavy atom. The van der Waals surface area contributed by atoms with Crippen LogP contribution < -0.4 is 0 Å². The van der Waals surface area contributed by atoms with Gasteiger partial charge in [0.1, 0.15) is 23.9 Å². The highest BCUT2D eigenvalue weighted by molar-refractivity contribution is 5.06. The average Bonchev–Trinajstić information content (AvgIpc) is 2.49. The second kappa shape index (κ2) is 6.68. The Bertz CT molecular complexity index is 302. The van der Waals surface area contributed by atoms with Gasteiger partial charge in [-0.25, -0.2) is 0 Å². The molecule has 0 aromatic heterocycles. The second-order valence-corrected chi connectivity index (χ2v) is 5.79. The van der Waals surface area contributed by atoms with Crippen LogP contribution in [0.5, 0.6) is 0 Å². The van der Waals surface area contributed by atoms with Crippen LogP contribution in [-0.4, -0.2) is 63.8 Å². The Morgan fingerprint density at radius 3 is 2.35 bits per heavy atom. The van der Waals surface area contributed by atoms with Crippen molar-refractivity contribution in [2.24, 2.45) is 5.92 Å². The molecule has 0 spiro atoms. The number of hydrogen-bond donors (Lipinski definition) is 4. The molecule has 2 fully saturated rings. The van der Waals surface area contributed by atoms with Crippen molar-refractivity contribution in [3.05, 3.63) is 0 Å². The predicted octanol–water partition coefficient (Wildman–Crippen LogP) is -0.227. The SMILES string of the molecule is CCO[C@@H]1O[C@H](CO)[C@@H](O)[C@@](O)(C2CCCCC2)[C@H]1O.